The van der Waals surface area contributed by atoms with E-state index in [0.717, 1.165) is 42.7 Å². The lowest BCUT2D eigenvalue weighted by atomic mass is 10.2. The number of rotatable bonds is 3. The van der Waals surface area contributed by atoms with Crippen molar-refractivity contribution in [2.45, 2.75) is 26.4 Å². The Morgan fingerprint density at radius 3 is 2.90 bits per heavy atom. The largest absolute Gasteiger partial charge is 0.343 e. The summed E-state index contributed by atoms with van der Waals surface area (Å²) in [5.74, 6) is 0. The first-order chi connectivity index (χ1) is 9.63. The average Bonchev–Trinajstić information content (AvgIpc) is 3.00. The molecule has 0 N–H and O–H groups in total. The maximum absolute atomic E-state index is 6.07. The fourth-order valence-corrected chi connectivity index (χ4v) is 3.98. The quantitative estimate of drug-likeness (QED) is 0.866. The van der Waals surface area contributed by atoms with Crippen LogP contribution in [0.4, 0.5) is 5.13 Å². The number of hydrogen-bond donors (Lipinski definition) is 0. The second-order valence-corrected chi connectivity index (χ2v) is 7.24. The molecule has 8 heteroatoms. The third-order valence-electron chi connectivity index (χ3n) is 3.45. The molecule has 0 bridgehead atoms. The molecule has 1 saturated heterocycles. The van der Waals surface area contributed by atoms with E-state index in [1.807, 2.05) is 6.92 Å². The van der Waals surface area contributed by atoms with Crippen LogP contribution >= 0.6 is 34.5 Å². The lowest BCUT2D eigenvalue weighted by Gasteiger charge is -2.39. The molecule has 1 aliphatic rings. The Kier molecular flexibility index (Phi) is 4.21. The van der Waals surface area contributed by atoms with Gasteiger partial charge in [-0.1, -0.05) is 16.1 Å². The number of aromatic nitrogens is 3. The van der Waals surface area contributed by atoms with Crippen molar-refractivity contribution in [2.24, 2.45) is 0 Å². The Hall–Kier alpha value is -0.760. The van der Waals surface area contributed by atoms with Gasteiger partial charge in [0.25, 0.3) is 0 Å². The predicted octanol–water partition coefficient (Wildman–Crippen LogP) is 2.67. The van der Waals surface area contributed by atoms with Crippen molar-refractivity contribution in [1.82, 2.24) is 19.5 Å². The highest BCUT2D eigenvalue weighted by Gasteiger charge is 2.26. The fraction of sp³-hybridized carbons (Fsp3) is 0.583. The first-order valence-electron chi connectivity index (χ1n) is 6.51. The van der Waals surface area contributed by atoms with Gasteiger partial charge in [-0.2, -0.15) is 0 Å². The second-order valence-electron chi connectivity index (χ2n) is 5.04. The topological polar surface area (TPSA) is 45.2 Å². The normalized spacial score (nSPS) is 20.6. The molecule has 20 heavy (non-hydrogen) atoms. The molecule has 0 unspecified atom stereocenters. The van der Waals surface area contributed by atoms with Crippen molar-refractivity contribution < 1.29 is 0 Å². The molecule has 108 valence electrons. The van der Waals surface area contributed by atoms with Crippen LogP contribution in [0.5, 0.6) is 0 Å². The maximum atomic E-state index is 6.07. The minimum Gasteiger partial charge on any atom is -0.343 e. The molecule has 3 heterocycles. The number of nitrogens with zero attached hydrogens (tertiary/aromatic N) is 5. The first-order valence-corrected chi connectivity index (χ1v) is 8.54. The Morgan fingerprint density at radius 1 is 1.45 bits per heavy atom. The van der Waals surface area contributed by atoms with Gasteiger partial charge in [0.05, 0.1) is 5.69 Å². The molecule has 3 rings (SSSR count). The number of hydrogen-bond acceptors (Lipinski definition) is 7. The van der Waals surface area contributed by atoms with E-state index in [9.17, 15) is 0 Å². The lowest BCUT2D eigenvalue weighted by molar-refractivity contribution is 0.218. The van der Waals surface area contributed by atoms with Crippen molar-refractivity contribution in [3.05, 3.63) is 21.1 Å². The summed E-state index contributed by atoms with van der Waals surface area (Å²) in [6.45, 7) is 8.04. The van der Waals surface area contributed by atoms with Gasteiger partial charge in [0.1, 0.15) is 10.0 Å². The third kappa shape index (κ3) is 2.95. The fourth-order valence-electron chi connectivity index (χ4n) is 2.44. The maximum Gasteiger partial charge on any atom is 0.185 e. The Balaban J connectivity index is 1.63. The zero-order chi connectivity index (χ0) is 14.1. The highest BCUT2D eigenvalue weighted by Crippen LogP contribution is 2.26. The van der Waals surface area contributed by atoms with Crippen LogP contribution in [0.3, 0.4) is 0 Å². The molecule has 0 amide bonds. The molecule has 2 aromatic heterocycles. The predicted molar refractivity (Wildman–Crippen MR) is 83.9 cm³/mol. The number of anilines is 1. The van der Waals surface area contributed by atoms with E-state index < -0.39 is 0 Å². The van der Waals surface area contributed by atoms with E-state index in [-0.39, 0.29) is 0 Å². The highest BCUT2D eigenvalue weighted by molar-refractivity contribution is 7.13. The Labute approximate surface area is 131 Å². The summed E-state index contributed by atoms with van der Waals surface area (Å²) in [5.41, 5.74) is 1.99. The van der Waals surface area contributed by atoms with Gasteiger partial charge in [0, 0.05) is 49.1 Å². The van der Waals surface area contributed by atoms with Gasteiger partial charge in [0.15, 0.2) is 5.13 Å². The van der Waals surface area contributed by atoms with E-state index in [4.69, 9.17) is 11.6 Å². The SMILES string of the molecule is Cc1csc(N2CCN(Cc3nnsc3Cl)C[C@@H]2C)n1. The molecule has 1 aliphatic heterocycles. The van der Waals surface area contributed by atoms with Gasteiger partial charge >= 0.3 is 0 Å². The molecule has 0 aliphatic carbocycles. The van der Waals surface area contributed by atoms with Gasteiger partial charge in [-0.25, -0.2) is 4.98 Å². The zero-order valence-corrected chi connectivity index (χ0v) is 13.8. The Morgan fingerprint density at radius 2 is 2.30 bits per heavy atom. The molecule has 2 aromatic rings. The minimum atomic E-state index is 0.444. The molecular weight excluding hydrogens is 314 g/mol. The monoisotopic (exact) mass is 329 g/mol. The van der Waals surface area contributed by atoms with E-state index in [1.165, 1.54) is 11.5 Å². The van der Waals surface area contributed by atoms with Crippen molar-refractivity contribution in [3.8, 4) is 0 Å². The molecule has 0 spiro atoms. The summed E-state index contributed by atoms with van der Waals surface area (Å²) in [4.78, 5) is 9.35. The van der Waals surface area contributed by atoms with Gasteiger partial charge in [-0.05, 0) is 13.8 Å². The molecular formula is C12H16ClN5S2. The van der Waals surface area contributed by atoms with E-state index >= 15 is 0 Å². The van der Waals surface area contributed by atoms with Crippen LogP contribution in [0.25, 0.3) is 0 Å². The molecule has 1 atom stereocenters. The van der Waals surface area contributed by atoms with Crippen LogP contribution in [0, 0.1) is 6.92 Å². The number of halogens is 1. The van der Waals surface area contributed by atoms with Crippen LogP contribution in [0.1, 0.15) is 18.3 Å². The van der Waals surface area contributed by atoms with Crippen LogP contribution in [0.15, 0.2) is 5.38 Å². The summed E-state index contributed by atoms with van der Waals surface area (Å²) in [7, 11) is 0. The third-order valence-corrected chi connectivity index (χ3v) is 5.43. The van der Waals surface area contributed by atoms with E-state index in [2.05, 4.69) is 36.7 Å². The zero-order valence-electron chi connectivity index (χ0n) is 11.4. The van der Waals surface area contributed by atoms with Crippen LogP contribution in [-0.4, -0.2) is 45.1 Å². The van der Waals surface area contributed by atoms with Gasteiger partial charge in [-0.3, -0.25) is 4.90 Å². The highest BCUT2D eigenvalue weighted by atomic mass is 35.5. The summed E-state index contributed by atoms with van der Waals surface area (Å²) in [6.07, 6.45) is 0. The summed E-state index contributed by atoms with van der Waals surface area (Å²) >= 11 is 9.05. The standard InChI is InChI=1S/C12H16ClN5S2/c1-8-7-19-12(14-8)18-4-3-17(5-9(18)2)6-10-11(13)20-16-15-10/h7,9H,3-6H2,1-2H3/t9-/m0/s1. The first kappa shape index (κ1) is 14.2. The van der Waals surface area contributed by atoms with Gasteiger partial charge in [0.2, 0.25) is 0 Å². The minimum absolute atomic E-state index is 0.444. The summed E-state index contributed by atoms with van der Waals surface area (Å²) in [5, 5.41) is 7.32. The molecule has 0 radical (unpaired) electrons. The number of thiazole rings is 1. The number of piperazine rings is 1. The van der Waals surface area contributed by atoms with Crippen LogP contribution in [0.2, 0.25) is 4.34 Å². The van der Waals surface area contributed by atoms with Crippen molar-refractivity contribution >= 4 is 39.6 Å². The van der Waals surface area contributed by atoms with Crippen molar-refractivity contribution in [2.75, 3.05) is 24.5 Å². The van der Waals surface area contributed by atoms with Crippen LogP contribution in [-0.2, 0) is 6.54 Å². The summed E-state index contributed by atoms with van der Waals surface area (Å²) < 4.78 is 4.59. The van der Waals surface area contributed by atoms with E-state index in [0.29, 0.717) is 10.4 Å². The molecule has 0 aromatic carbocycles. The molecule has 5 nitrogen and oxygen atoms in total. The average molecular weight is 330 g/mol. The number of aryl methyl sites for hydroxylation is 1. The smallest absolute Gasteiger partial charge is 0.185 e. The summed E-state index contributed by atoms with van der Waals surface area (Å²) in [6, 6.07) is 0.444. The molecule has 1 fully saturated rings. The second kappa shape index (κ2) is 5.93. The lowest BCUT2D eigenvalue weighted by Crippen LogP contribution is -2.51. The molecule has 0 saturated carbocycles. The Bertz CT molecular complexity index is 584. The van der Waals surface area contributed by atoms with E-state index in [1.54, 1.807) is 11.3 Å². The van der Waals surface area contributed by atoms with Crippen LogP contribution < -0.4 is 4.90 Å². The van der Waals surface area contributed by atoms with Crippen molar-refractivity contribution in [1.29, 1.82) is 0 Å². The van der Waals surface area contributed by atoms with Gasteiger partial charge in [-0.15, -0.1) is 16.4 Å². The van der Waals surface area contributed by atoms with Gasteiger partial charge < -0.3 is 4.90 Å². The van der Waals surface area contributed by atoms with Crippen molar-refractivity contribution in [3.63, 3.8) is 0 Å².